The van der Waals surface area contributed by atoms with Crippen LogP contribution in [0.15, 0.2) is 36.5 Å². The van der Waals surface area contributed by atoms with Gasteiger partial charge in [-0.2, -0.15) is 4.98 Å². The summed E-state index contributed by atoms with van der Waals surface area (Å²) in [5.74, 6) is 1.72. The molecule has 0 unspecified atom stereocenters. The Morgan fingerprint density at radius 2 is 1.88 bits per heavy atom. The number of ether oxygens (including phenoxy) is 2. The number of benzene rings is 2. The maximum Gasteiger partial charge on any atom is 0.294 e. The first-order valence-electron chi connectivity index (χ1n) is 12.7. The Kier molecular flexibility index (Phi) is 8.90. The van der Waals surface area contributed by atoms with Crippen LogP contribution in [0.1, 0.15) is 18.4 Å². The van der Waals surface area contributed by atoms with Gasteiger partial charge in [0.25, 0.3) is 5.69 Å². The molecule has 12 nitrogen and oxygen atoms in total. The molecule has 1 aliphatic rings. The van der Waals surface area contributed by atoms with Crippen LogP contribution in [0.2, 0.25) is 5.02 Å². The second-order valence-corrected chi connectivity index (χ2v) is 10.2. The van der Waals surface area contributed by atoms with Gasteiger partial charge in [-0.25, -0.2) is 4.98 Å². The number of methoxy groups -OCH3 is 2. The molecule has 3 N–H and O–H groups in total. The zero-order valence-electron chi connectivity index (χ0n) is 23.1. The van der Waals surface area contributed by atoms with Crippen molar-refractivity contribution in [2.45, 2.75) is 12.8 Å². The van der Waals surface area contributed by atoms with E-state index in [4.69, 9.17) is 26.5 Å². The predicted octanol–water partition coefficient (Wildman–Crippen LogP) is 5.32. The Bertz CT molecular complexity index is 1410. The van der Waals surface area contributed by atoms with Gasteiger partial charge in [-0.3, -0.25) is 10.1 Å². The number of nitrogens with one attached hydrogen (secondary N) is 3. The van der Waals surface area contributed by atoms with Crippen LogP contribution >= 0.6 is 11.6 Å². The molecular weight excluding hydrogens is 536 g/mol. The van der Waals surface area contributed by atoms with E-state index in [9.17, 15) is 10.1 Å². The number of rotatable bonds is 13. The summed E-state index contributed by atoms with van der Waals surface area (Å²) in [5.41, 5.74) is 2.56. The molecule has 3 aromatic rings. The highest BCUT2D eigenvalue weighted by Crippen LogP contribution is 2.40. The van der Waals surface area contributed by atoms with Crippen molar-refractivity contribution in [1.82, 2.24) is 14.9 Å². The number of likely N-dealkylation sites (N-methyl/N-ethyl adjacent to an activating group) is 2. The highest BCUT2D eigenvalue weighted by molar-refractivity contribution is 6.33. The molecule has 212 valence electrons. The highest BCUT2D eigenvalue weighted by atomic mass is 35.5. The average Bonchev–Trinajstić information content (AvgIpc) is 3.78. The summed E-state index contributed by atoms with van der Waals surface area (Å²) in [4.78, 5) is 24.1. The first-order valence-corrected chi connectivity index (χ1v) is 13.0. The molecule has 2 aromatic carbocycles. The summed E-state index contributed by atoms with van der Waals surface area (Å²) in [5, 5.41) is 27.1. The molecule has 4 rings (SSSR count). The highest BCUT2D eigenvalue weighted by Gasteiger charge is 2.29. The average molecular weight is 569 g/mol. The fraction of sp³-hybridized carbons (Fsp3) is 0.370. The Morgan fingerprint density at radius 1 is 1.12 bits per heavy atom. The minimum atomic E-state index is -0.429. The van der Waals surface area contributed by atoms with Gasteiger partial charge in [-0.1, -0.05) is 11.6 Å². The summed E-state index contributed by atoms with van der Waals surface area (Å²) >= 11 is 6.43. The van der Waals surface area contributed by atoms with Crippen LogP contribution in [-0.2, 0) is 0 Å². The summed E-state index contributed by atoms with van der Waals surface area (Å²) in [6, 6.07) is 8.45. The van der Waals surface area contributed by atoms with Gasteiger partial charge < -0.3 is 35.3 Å². The normalized spacial score (nSPS) is 12.7. The number of aromatic nitrogens is 2. The molecule has 1 fully saturated rings. The van der Waals surface area contributed by atoms with Gasteiger partial charge >= 0.3 is 0 Å². The molecule has 1 heterocycles. The third-order valence-electron chi connectivity index (χ3n) is 6.53. The Labute approximate surface area is 237 Å². The van der Waals surface area contributed by atoms with E-state index < -0.39 is 4.92 Å². The number of nitrogens with zero attached hydrogens (tertiary/aromatic N) is 5. The minimum Gasteiger partial charge on any atom is -0.497 e. The van der Waals surface area contributed by atoms with E-state index >= 15 is 0 Å². The van der Waals surface area contributed by atoms with Gasteiger partial charge in [0.15, 0.2) is 5.82 Å². The lowest BCUT2D eigenvalue weighted by Crippen LogP contribution is -2.28. The molecule has 0 atom stereocenters. The number of anilines is 5. The van der Waals surface area contributed by atoms with Gasteiger partial charge in [0.05, 0.1) is 31.0 Å². The summed E-state index contributed by atoms with van der Waals surface area (Å²) in [6.45, 7) is 1.31. The van der Waals surface area contributed by atoms with E-state index in [2.05, 4.69) is 20.6 Å². The second kappa shape index (κ2) is 12.3. The Hall–Kier alpha value is -4.16. The van der Waals surface area contributed by atoms with Crippen LogP contribution in [0.5, 0.6) is 11.5 Å². The van der Waals surface area contributed by atoms with E-state index in [0.717, 1.165) is 19.4 Å². The van der Waals surface area contributed by atoms with Crippen LogP contribution in [-0.4, -0.2) is 74.0 Å². The fourth-order valence-electron chi connectivity index (χ4n) is 4.08. The first-order chi connectivity index (χ1) is 19.1. The molecule has 0 spiro atoms. The third kappa shape index (κ3) is 6.69. The topological polar surface area (TPSA) is 142 Å². The van der Waals surface area contributed by atoms with E-state index in [1.807, 2.05) is 36.0 Å². The largest absolute Gasteiger partial charge is 0.497 e. The van der Waals surface area contributed by atoms with Crippen molar-refractivity contribution in [1.29, 1.82) is 5.41 Å². The van der Waals surface area contributed by atoms with E-state index in [1.54, 1.807) is 26.3 Å². The Morgan fingerprint density at radius 3 is 2.50 bits per heavy atom. The SMILES string of the molecule is COc1ccc(Nc2nc(Nc3cc([N+](=O)[O-])c(N(C)CCN(C)C)cc3OC)ncc2Cl)c(C(=N)C2CC2)c1. The smallest absolute Gasteiger partial charge is 0.294 e. The Balaban J connectivity index is 1.64. The molecule has 0 aliphatic heterocycles. The monoisotopic (exact) mass is 568 g/mol. The summed E-state index contributed by atoms with van der Waals surface area (Å²) in [7, 11) is 8.76. The lowest BCUT2D eigenvalue weighted by atomic mass is 10.0. The zero-order chi connectivity index (χ0) is 29.0. The van der Waals surface area contributed by atoms with Crippen LogP contribution in [0.25, 0.3) is 0 Å². The van der Waals surface area contributed by atoms with Crippen LogP contribution < -0.4 is 25.0 Å². The first kappa shape index (κ1) is 28.8. The van der Waals surface area contributed by atoms with Gasteiger partial charge in [0, 0.05) is 55.2 Å². The lowest BCUT2D eigenvalue weighted by Gasteiger charge is -2.22. The summed E-state index contributed by atoms with van der Waals surface area (Å²) in [6.07, 6.45) is 3.39. The van der Waals surface area contributed by atoms with E-state index in [1.165, 1.54) is 19.4 Å². The van der Waals surface area contributed by atoms with Gasteiger partial charge in [0.2, 0.25) is 5.95 Å². The fourth-order valence-corrected chi connectivity index (χ4v) is 4.22. The minimum absolute atomic E-state index is 0.0849. The molecule has 0 amide bonds. The standard InChI is InChI=1S/C27H33ClN8O4/c1-34(2)10-11-35(3)22-14-24(40-5)21(13-23(22)36(37)38)32-27-30-15-19(28)26(33-27)31-20-9-8-17(39-4)12-18(20)25(29)16-6-7-16/h8-9,12-16,29H,6-7,10-11H2,1-5H3,(H2,30,31,32,33). The molecule has 1 saturated carbocycles. The number of nitro groups is 1. The zero-order valence-corrected chi connectivity index (χ0v) is 23.9. The van der Waals surface area contributed by atoms with Crippen molar-refractivity contribution in [3.63, 3.8) is 0 Å². The number of hydrogen-bond donors (Lipinski definition) is 3. The van der Waals surface area contributed by atoms with Gasteiger partial charge in [0.1, 0.15) is 22.2 Å². The van der Waals surface area contributed by atoms with Crippen molar-refractivity contribution < 1.29 is 14.4 Å². The quantitative estimate of drug-likeness (QED) is 0.141. The van der Waals surface area contributed by atoms with Crippen molar-refractivity contribution >= 4 is 51.8 Å². The number of nitro benzene ring substituents is 1. The second-order valence-electron chi connectivity index (χ2n) is 9.76. The van der Waals surface area contributed by atoms with Crippen LogP contribution in [0.3, 0.4) is 0 Å². The molecule has 40 heavy (non-hydrogen) atoms. The van der Waals surface area contributed by atoms with Crippen LogP contribution in [0, 0.1) is 21.4 Å². The summed E-state index contributed by atoms with van der Waals surface area (Å²) < 4.78 is 10.9. The predicted molar refractivity (Wildman–Crippen MR) is 158 cm³/mol. The molecule has 0 bridgehead atoms. The van der Waals surface area contributed by atoms with E-state index in [0.29, 0.717) is 52.2 Å². The lowest BCUT2D eigenvalue weighted by molar-refractivity contribution is -0.384. The maximum absolute atomic E-state index is 12.0. The molecule has 0 saturated heterocycles. The maximum atomic E-state index is 12.0. The van der Waals surface area contributed by atoms with Crippen molar-refractivity contribution in [2.24, 2.45) is 5.92 Å². The van der Waals surface area contributed by atoms with Gasteiger partial charge in [-0.05, 0) is 45.1 Å². The number of hydrogen-bond acceptors (Lipinski definition) is 11. The molecule has 1 aliphatic carbocycles. The van der Waals surface area contributed by atoms with Crippen molar-refractivity contribution in [2.75, 3.05) is 64.0 Å². The molecule has 0 radical (unpaired) electrons. The van der Waals surface area contributed by atoms with Crippen molar-refractivity contribution in [3.05, 3.63) is 57.2 Å². The number of halogens is 1. The van der Waals surface area contributed by atoms with Gasteiger partial charge in [-0.15, -0.1) is 0 Å². The van der Waals surface area contributed by atoms with Crippen LogP contribution in [0.4, 0.5) is 34.5 Å². The molecule has 1 aromatic heterocycles. The molecular formula is C27H33ClN8O4. The van der Waals surface area contributed by atoms with E-state index in [-0.39, 0.29) is 22.6 Å². The van der Waals surface area contributed by atoms with Crippen molar-refractivity contribution in [3.8, 4) is 11.5 Å². The molecule has 13 heteroatoms. The third-order valence-corrected chi connectivity index (χ3v) is 6.81.